The summed E-state index contributed by atoms with van der Waals surface area (Å²) in [5.74, 6) is 0. The van der Waals surface area contributed by atoms with Crippen molar-refractivity contribution in [1.29, 1.82) is 5.26 Å². The van der Waals surface area contributed by atoms with E-state index in [0.717, 1.165) is 15.8 Å². The van der Waals surface area contributed by atoms with Gasteiger partial charge in [0.1, 0.15) is 0 Å². The van der Waals surface area contributed by atoms with Crippen molar-refractivity contribution in [2.45, 2.75) is 6.42 Å². The summed E-state index contributed by atoms with van der Waals surface area (Å²) in [7, 11) is 0. The first-order valence-electron chi connectivity index (χ1n) is 3.80. The highest BCUT2D eigenvalue weighted by atomic mass is 79.9. The van der Waals surface area contributed by atoms with Crippen LogP contribution in [0.4, 0.5) is 0 Å². The molecule has 3 nitrogen and oxygen atoms in total. The molecule has 0 unspecified atom stereocenters. The Morgan fingerprint density at radius 1 is 1.62 bits per heavy atom. The van der Waals surface area contributed by atoms with Crippen LogP contribution in [0.25, 0.3) is 5.65 Å². The highest BCUT2D eigenvalue weighted by Gasteiger charge is 2.02. The molecule has 0 bridgehead atoms. The first-order valence-corrected chi connectivity index (χ1v) is 4.59. The quantitative estimate of drug-likeness (QED) is 0.761. The lowest BCUT2D eigenvalue weighted by Gasteiger charge is -1.92. The van der Waals surface area contributed by atoms with Crippen molar-refractivity contribution in [3.05, 3.63) is 34.7 Å². The Hall–Kier alpha value is -1.34. The lowest BCUT2D eigenvalue weighted by atomic mass is 10.4. The Balaban J connectivity index is 2.63. The van der Waals surface area contributed by atoms with Gasteiger partial charge in [-0.25, -0.2) is 4.98 Å². The van der Waals surface area contributed by atoms with Gasteiger partial charge in [-0.15, -0.1) is 0 Å². The lowest BCUT2D eigenvalue weighted by Crippen LogP contribution is -1.81. The number of hydrogen-bond acceptors (Lipinski definition) is 2. The van der Waals surface area contributed by atoms with E-state index in [2.05, 4.69) is 27.0 Å². The fourth-order valence-corrected chi connectivity index (χ4v) is 1.64. The third kappa shape index (κ3) is 1.43. The SMILES string of the molecule is N#CCc1cn2cccc(Br)c2n1. The topological polar surface area (TPSA) is 41.1 Å². The first-order chi connectivity index (χ1) is 6.31. The van der Waals surface area contributed by atoms with Crippen LogP contribution < -0.4 is 0 Å². The van der Waals surface area contributed by atoms with E-state index in [1.807, 2.05) is 28.9 Å². The molecule has 2 aromatic rings. The van der Waals surface area contributed by atoms with Crippen molar-refractivity contribution >= 4 is 21.6 Å². The molecule has 2 heterocycles. The van der Waals surface area contributed by atoms with Gasteiger partial charge >= 0.3 is 0 Å². The van der Waals surface area contributed by atoms with E-state index < -0.39 is 0 Å². The van der Waals surface area contributed by atoms with Crippen molar-refractivity contribution in [1.82, 2.24) is 9.38 Å². The minimum atomic E-state index is 0.355. The highest BCUT2D eigenvalue weighted by Crippen LogP contribution is 2.16. The van der Waals surface area contributed by atoms with E-state index in [1.165, 1.54) is 0 Å². The van der Waals surface area contributed by atoms with Gasteiger partial charge in [0.15, 0.2) is 5.65 Å². The van der Waals surface area contributed by atoms with Gasteiger partial charge in [-0.3, -0.25) is 0 Å². The van der Waals surface area contributed by atoms with Crippen LogP contribution in [0.2, 0.25) is 0 Å². The number of fused-ring (bicyclic) bond motifs is 1. The molecule has 13 heavy (non-hydrogen) atoms. The third-order valence-corrected chi connectivity index (χ3v) is 2.36. The molecule has 0 saturated heterocycles. The first kappa shape index (κ1) is 8.27. The highest BCUT2D eigenvalue weighted by molar-refractivity contribution is 9.10. The van der Waals surface area contributed by atoms with Crippen molar-refractivity contribution in [3.63, 3.8) is 0 Å². The normalized spacial score (nSPS) is 10.2. The lowest BCUT2D eigenvalue weighted by molar-refractivity contribution is 1.16. The van der Waals surface area contributed by atoms with Gasteiger partial charge in [0.2, 0.25) is 0 Å². The van der Waals surface area contributed by atoms with E-state index in [9.17, 15) is 0 Å². The Kier molecular flexibility index (Phi) is 2.03. The minimum absolute atomic E-state index is 0.355. The van der Waals surface area contributed by atoms with E-state index in [0.29, 0.717) is 6.42 Å². The predicted molar refractivity (Wildman–Crippen MR) is 52.2 cm³/mol. The van der Waals surface area contributed by atoms with Gasteiger partial charge < -0.3 is 4.40 Å². The second kappa shape index (κ2) is 3.19. The van der Waals surface area contributed by atoms with Crippen LogP contribution in [0.1, 0.15) is 5.69 Å². The minimum Gasteiger partial charge on any atom is -0.306 e. The van der Waals surface area contributed by atoms with Gasteiger partial charge in [0.05, 0.1) is 22.7 Å². The zero-order valence-electron chi connectivity index (χ0n) is 6.74. The zero-order chi connectivity index (χ0) is 9.26. The van der Waals surface area contributed by atoms with Crippen LogP contribution in [-0.2, 0) is 6.42 Å². The summed E-state index contributed by atoms with van der Waals surface area (Å²) in [5, 5.41) is 8.50. The maximum absolute atomic E-state index is 8.50. The number of nitriles is 1. The zero-order valence-corrected chi connectivity index (χ0v) is 8.32. The average Bonchev–Trinajstić information content (AvgIpc) is 2.49. The summed E-state index contributed by atoms with van der Waals surface area (Å²) in [4.78, 5) is 4.30. The predicted octanol–water partition coefficient (Wildman–Crippen LogP) is 2.16. The number of rotatable bonds is 1. The molecule has 0 atom stereocenters. The number of aromatic nitrogens is 2. The standard InChI is InChI=1S/C9H6BrN3/c10-8-2-1-5-13-6-7(3-4-11)12-9(8)13/h1-2,5-6H,3H2. The molecule has 4 heteroatoms. The van der Waals surface area contributed by atoms with Crippen LogP contribution in [-0.4, -0.2) is 9.38 Å². The summed E-state index contributed by atoms with van der Waals surface area (Å²) in [6.45, 7) is 0. The van der Waals surface area contributed by atoms with Crippen molar-refractivity contribution in [2.24, 2.45) is 0 Å². The van der Waals surface area contributed by atoms with Crippen molar-refractivity contribution in [3.8, 4) is 6.07 Å². The summed E-state index contributed by atoms with van der Waals surface area (Å²) in [6, 6.07) is 5.93. The van der Waals surface area contributed by atoms with Gasteiger partial charge in [0.25, 0.3) is 0 Å². The number of hydrogen-bond donors (Lipinski definition) is 0. The molecule has 0 saturated carbocycles. The van der Waals surface area contributed by atoms with Crippen LogP contribution in [0, 0.1) is 11.3 Å². The summed E-state index contributed by atoms with van der Waals surface area (Å²) in [6.07, 6.45) is 4.13. The second-order valence-electron chi connectivity index (χ2n) is 2.65. The summed E-state index contributed by atoms with van der Waals surface area (Å²) < 4.78 is 2.84. The molecule has 0 aliphatic carbocycles. The molecule has 2 rings (SSSR count). The fourth-order valence-electron chi connectivity index (χ4n) is 1.20. The molecule has 0 aromatic carbocycles. The van der Waals surface area contributed by atoms with Crippen LogP contribution in [0.5, 0.6) is 0 Å². The molecule has 0 fully saturated rings. The molecule has 0 aliphatic heterocycles. The van der Waals surface area contributed by atoms with Crippen molar-refractivity contribution in [2.75, 3.05) is 0 Å². The largest absolute Gasteiger partial charge is 0.306 e. The van der Waals surface area contributed by atoms with E-state index in [-0.39, 0.29) is 0 Å². The van der Waals surface area contributed by atoms with Gasteiger partial charge in [-0.2, -0.15) is 5.26 Å². The molecular formula is C9H6BrN3. The van der Waals surface area contributed by atoms with E-state index in [1.54, 1.807) is 0 Å². The molecule has 0 radical (unpaired) electrons. The van der Waals surface area contributed by atoms with Gasteiger partial charge in [-0.1, -0.05) is 0 Å². The Morgan fingerprint density at radius 2 is 2.46 bits per heavy atom. The van der Waals surface area contributed by atoms with Gasteiger partial charge in [-0.05, 0) is 28.1 Å². The van der Waals surface area contributed by atoms with Crippen LogP contribution >= 0.6 is 15.9 Å². The maximum Gasteiger partial charge on any atom is 0.151 e. The molecular weight excluding hydrogens is 230 g/mol. The molecule has 2 aromatic heterocycles. The number of halogens is 1. The summed E-state index contributed by atoms with van der Waals surface area (Å²) >= 11 is 3.40. The molecule has 0 amide bonds. The summed E-state index contributed by atoms with van der Waals surface area (Å²) in [5.41, 5.74) is 1.65. The second-order valence-corrected chi connectivity index (χ2v) is 3.51. The number of imidazole rings is 1. The van der Waals surface area contributed by atoms with E-state index >= 15 is 0 Å². The Bertz CT molecular complexity index is 481. The third-order valence-electron chi connectivity index (χ3n) is 1.75. The molecule has 0 N–H and O–H groups in total. The van der Waals surface area contributed by atoms with Gasteiger partial charge in [0, 0.05) is 12.4 Å². The molecule has 0 spiro atoms. The Morgan fingerprint density at radius 3 is 3.15 bits per heavy atom. The van der Waals surface area contributed by atoms with E-state index in [4.69, 9.17) is 5.26 Å². The maximum atomic E-state index is 8.50. The fraction of sp³-hybridized carbons (Fsp3) is 0.111. The molecule has 0 aliphatic rings. The number of pyridine rings is 1. The average molecular weight is 236 g/mol. The Labute approximate surface area is 83.8 Å². The molecule has 64 valence electrons. The van der Waals surface area contributed by atoms with Crippen LogP contribution in [0.15, 0.2) is 29.0 Å². The van der Waals surface area contributed by atoms with Crippen molar-refractivity contribution < 1.29 is 0 Å². The van der Waals surface area contributed by atoms with Crippen LogP contribution in [0.3, 0.4) is 0 Å². The monoisotopic (exact) mass is 235 g/mol. The number of nitrogens with zero attached hydrogens (tertiary/aromatic N) is 3. The smallest absolute Gasteiger partial charge is 0.151 e.